The van der Waals surface area contributed by atoms with Gasteiger partial charge < -0.3 is 14.6 Å². The van der Waals surface area contributed by atoms with Crippen molar-refractivity contribution in [3.63, 3.8) is 0 Å². The number of nitrogens with zero attached hydrogens (tertiary/aromatic N) is 3. The number of hydrogen-bond donors (Lipinski definition) is 1. The van der Waals surface area contributed by atoms with Gasteiger partial charge in [-0.05, 0) is 50.5 Å². The molecule has 28 heavy (non-hydrogen) atoms. The number of esters is 1. The molecule has 1 N–H and O–H groups in total. The van der Waals surface area contributed by atoms with Crippen LogP contribution in [-0.2, 0) is 22.4 Å². The molecule has 1 aliphatic carbocycles. The number of anilines is 1. The maximum absolute atomic E-state index is 13.2. The molecule has 4 rings (SSSR count). The number of rotatable bonds is 5. The van der Waals surface area contributed by atoms with Crippen LogP contribution in [0.25, 0.3) is 5.69 Å². The smallest absolute Gasteiger partial charge is 0.359 e. The molecule has 9 heteroatoms. The first-order valence-electron chi connectivity index (χ1n) is 8.78. The Kier molecular flexibility index (Phi) is 4.64. The van der Waals surface area contributed by atoms with Gasteiger partial charge in [-0.3, -0.25) is 4.79 Å². The van der Waals surface area contributed by atoms with Crippen molar-refractivity contribution in [1.82, 2.24) is 14.9 Å². The number of carbonyl (C=O) groups is 2. The van der Waals surface area contributed by atoms with Gasteiger partial charge in [0.05, 0.1) is 5.69 Å². The number of hydrogen-bond acceptors (Lipinski definition) is 6. The first kappa shape index (κ1) is 17.9. The van der Waals surface area contributed by atoms with Gasteiger partial charge in [-0.15, -0.1) is 0 Å². The van der Waals surface area contributed by atoms with Crippen LogP contribution < -0.4 is 5.32 Å². The summed E-state index contributed by atoms with van der Waals surface area (Å²) in [4.78, 5) is 24.4. The minimum absolute atomic E-state index is 0.182. The zero-order valence-electron chi connectivity index (χ0n) is 15.1. The fraction of sp³-hybridized carbons (Fsp3) is 0.263. The molecule has 0 saturated carbocycles. The maximum Gasteiger partial charge on any atom is 0.359 e. The van der Waals surface area contributed by atoms with Gasteiger partial charge in [-0.25, -0.2) is 13.9 Å². The first-order valence-corrected chi connectivity index (χ1v) is 8.78. The van der Waals surface area contributed by atoms with Crippen LogP contribution in [0.3, 0.4) is 0 Å². The second kappa shape index (κ2) is 7.26. The molecule has 1 amide bonds. The minimum atomic E-state index is -0.675. The number of benzene rings is 1. The van der Waals surface area contributed by atoms with E-state index < -0.39 is 18.5 Å². The Balaban J connectivity index is 1.48. The van der Waals surface area contributed by atoms with Gasteiger partial charge in [-0.2, -0.15) is 5.10 Å². The number of amides is 1. The standard InChI is InChI=1S/C19H17FN4O4/c1-11-9-16(23-28-11)21-17(25)10-27-19(26)18-14-3-2-4-15(14)24(22-18)13-7-5-12(20)6-8-13/h5-9H,2-4,10H2,1H3,(H,21,23,25). The van der Waals surface area contributed by atoms with Crippen molar-refractivity contribution in [3.8, 4) is 5.69 Å². The average molecular weight is 384 g/mol. The van der Waals surface area contributed by atoms with Gasteiger partial charge in [0.25, 0.3) is 5.91 Å². The van der Waals surface area contributed by atoms with Crippen molar-refractivity contribution < 1.29 is 23.2 Å². The summed E-state index contributed by atoms with van der Waals surface area (Å²) >= 11 is 0. The van der Waals surface area contributed by atoms with E-state index in [1.54, 1.807) is 29.8 Å². The Bertz CT molecular complexity index is 1040. The Hall–Kier alpha value is -3.49. The van der Waals surface area contributed by atoms with E-state index in [4.69, 9.17) is 9.26 Å². The molecular weight excluding hydrogens is 367 g/mol. The summed E-state index contributed by atoms with van der Waals surface area (Å²) in [5.41, 5.74) is 2.56. The van der Waals surface area contributed by atoms with Crippen molar-refractivity contribution >= 4 is 17.7 Å². The fourth-order valence-corrected chi connectivity index (χ4v) is 3.20. The molecule has 0 radical (unpaired) electrons. The van der Waals surface area contributed by atoms with Crippen LogP contribution in [0.1, 0.15) is 33.9 Å². The van der Waals surface area contributed by atoms with Crippen molar-refractivity contribution in [2.24, 2.45) is 0 Å². The van der Waals surface area contributed by atoms with Crippen molar-refractivity contribution in [1.29, 1.82) is 0 Å². The number of carbonyl (C=O) groups excluding carboxylic acids is 2. The van der Waals surface area contributed by atoms with E-state index >= 15 is 0 Å². The number of halogens is 1. The molecule has 0 saturated heterocycles. The predicted molar refractivity (Wildman–Crippen MR) is 95.7 cm³/mol. The maximum atomic E-state index is 13.2. The van der Waals surface area contributed by atoms with Crippen LogP contribution in [0.4, 0.5) is 10.2 Å². The third kappa shape index (κ3) is 3.51. The number of aryl methyl sites for hydroxylation is 1. The van der Waals surface area contributed by atoms with Crippen molar-refractivity contribution in [2.75, 3.05) is 11.9 Å². The third-order valence-corrected chi connectivity index (χ3v) is 4.42. The highest BCUT2D eigenvalue weighted by Gasteiger charge is 2.28. The highest BCUT2D eigenvalue weighted by atomic mass is 19.1. The Labute approximate surface area is 159 Å². The number of fused-ring (bicyclic) bond motifs is 1. The summed E-state index contributed by atoms with van der Waals surface area (Å²) in [6.45, 7) is 1.23. The Morgan fingerprint density at radius 1 is 1.29 bits per heavy atom. The lowest BCUT2D eigenvalue weighted by molar-refractivity contribution is -0.119. The van der Waals surface area contributed by atoms with Gasteiger partial charge in [0.2, 0.25) is 0 Å². The lowest BCUT2D eigenvalue weighted by Gasteiger charge is -2.05. The van der Waals surface area contributed by atoms with Crippen LogP contribution in [0.5, 0.6) is 0 Å². The average Bonchev–Trinajstić information content (AvgIpc) is 3.37. The van der Waals surface area contributed by atoms with Crippen molar-refractivity contribution in [2.45, 2.75) is 26.2 Å². The topological polar surface area (TPSA) is 99.2 Å². The second-order valence-electron chi connectivity index (χ2n) is 6.46. The highest BCUT2D eigenvalue weighted by Crippen LogP contribution is 2.28. The summed E-state index contributed by atoms with van der Waals surface area (Å²) in [6, 6.07) is 7.43. The van der Waals surface area contributed by atoms with Gasteiger partial charge in [0.15, 0.2) is 18.1 Å². The third-order valence-electron chi connectivity index (χ3n) is 4.42. The molecule has 2 aromatic heterocycles. The minimum Gasteiger partial charge on any atom is -0.451 e. The van der Waals surface area contributed by atoms with E-state index in [1.807, 2.05) is 0 Å². The number of ether oxygens (including phenoxy) is 1. The molecule has 8 nitrogen and oxygen atoms in total. The molecule has 0 atom stereocenters. The molecule has 144 valence electrons. The van der Waals surface area contributed by atoms with Gasteiger partial charge in [0, 0.05) is 17.3 Å². The van der Waals surface area contributed by atoms with Gasteiger partial charge in [0.1, 0.15) is 11.6 Å². The summed E-state index contributed by atoms with van der Waals surface area (Å²) in [6.07, 6.45) is 2.35. The molecule has 1 aliphatic rings. The fourth-order valence-electron chi connectivity index (χ4n) is 3.20. The van der Waals surface area contributed by atoms with Crippen LogP contribution in [0.2, 0.25) is 0 Å². The molecule has 0 fully saturated rings. The van der Waals surface area contributed by atoms with Crippen LogP contribution in [0, 0.1) is 12.7 Å². The zero-order chi connectivity index (χ0) is 19.7. The zero-order valence-corrected chi connectivity index (χ0v) is 15.1. The summed E-state index contributed by atoms with van der Waals surface area (Å²) in [5.74, 6) is -0.753. The molecular formula is C19H17FN4O4. The SMILES string of the molecule is Cc1cc(NC(=O)COC(=O)c2nn(-c3ccc(F)cc3)c3c2CCC3)no1. The summed E-state index contributed by atoms with van der Waals surface area (Å²) in [5, 5.41) is 10.5. The van der Waals surface area contributed by atoms with Gasteiger partial charge >= 0.3 is 5.97 Å². The molecule has 0 bridgehead atoms. The van der Waals surface area contributed by atoms with Crippen LogP contribution in [-0.4, -0.2) is 33.4 Å². The Morgan fingerprint density at radius 2 is 2.07 bits per heavy atom. The Morgan fingerprint density at radius 3 is 2.79 bits per heavy atom. The van der Waals surface area contributed by atoms with E-state index in [-0.39, 0.29) is 17.3 Å². The van der Waals surface area contributed by atoms with E-state index in [0.717, 1.165) is 24.1 Å². The van der Waals surface area contributed by atoms with Crippen LogP contribution in [0.15, 0.2) is 34.9 Å². The number of aromatic nitrogens is 3. The van der Waals surface area contributed by atoms with E-state index in [9.17, 15) is 14.0 Å². The highest BCUT2D eigenvalue weighted by molar-refractivity contribution is 5.95. The molecule has 1 aromatic carbocycles. The monoisotopic (exact) mass is 384 g/mol. The lowest BCUT2D eigenvalue weighted by atomic mass is 10.2. The molecule has 2 heterocycles. The normalized spacial score (nSPS) is 12.6. The number of nitrogens with one attached hydrogen (secondary N) is 1. The summed E-state index contributed by atoms with van der Waals surface area (Å²) in [7, 11) is 0. The molecule has 3 aromatic rings. The lowest BCUT2D eigenvalue weighted by Crippen LogP contribution is -2.21. The first-order chi connectivity index (χ1) is 13.5. The van der Waals surface area contributed by atoms with E-state index in [1.165, 1.54) is 12.1 Å². The van der Waals surface area contributed by atoms with Crippen molar-refractivity contribution in [3.05, 3.63) is 58.9 Å². The quantitative estimate of drug-likeness (QED) is 0.679. The summed E-state index contributed by atoms with van der Waals surface area (Å²) < 4.78 is 24.8. The van der Waals surface area contributed by atoms with Crippen LogP contribution >= 0.6 is 0 Å². The molecule has 0 aliphatic heterocycles. The molecule has 0 unspecified atom stereocenters. The molecule has 0 spiro atoms. The second-order valence-corrected chi connectivity index (χ2v) is 6.46. The predicted octanol–water partition coefficient (Wildman–Crippen LogP) is 2.59. The largest absolute Gasteiger partial charge is 0.451 e. The van der Waals surface area contributed by atoms with Gasteiger partial charge in [-0.1, -0.05) is 5.16 Å². The van der Waals surface area contributed by atoms with E-state index in [0.29, 0.717) is 17.9 Å². The van der Waals surface area contributed by atoms with E-state index in [2.05, 4.69) is 15.6 Å².